The Morgan fingerprint density at radius 2 is 2.00 bits per heavy atom. The van der Waals surface area contributed by atoms with Crippen molar-refractivity contribution in [2.75, 3.05) is 12.4 Å². The second-order valence-electron chi connectivity index (χ2n) is 3.98. The Morgan fingerprint density at radius 1 is 1.22 bits per heavy atom. The number of rotatable bonds is 3. The first-order valence-electron chi connectivity index (χ1n) is 5.51. The molecule has 2 rings (SSSR count). The summed E-state index contributed by atoms with van der Waals surface area (Å²) in [4.78, 5) is 8.09. The number of nitrogens with one attached hydrogen (secondary N) is 1. The Bertz CT molecular complexity index is 572. The van der Waals surface area contributed by atoms with Gasteiger partial charge in [0.1, 0.15) is 11.6 Å². The molecule has 1 aromatic carbocycles. The maximum Gasteiger partial charge on any atom is 0.224 e. The Labute approximate surface area is 111 Å². The van der Waals surface area contributed by atoms with E-state index in [9.17, 15) is 0 Å². The molecule has 18 heavy (non-hydrogen) atoms. The van der Waals surface area contributed by atoms with Crippen LogP contribution in [-0.2, 0) is 0 Å². The Kier molecular flexibility index (Phi) is 3.67. The summed E-state index contributed by atoms with van der Waals surface area (Å²) in [5.74, 6) is 1.49. The van der Waals surface area contributed by atoms with Crippen molar-refractivity contribution in [2.45, 2.75) is 13.8 Å². The summed E-state index contributed by atoms with van der Waals surface area (Å²) in [6.45, 7) is 3.94. The van der Waals surface area contributed by atoms with E-state index >= 15 is 0 Å². The molecule has 1 N–H and O–H groups in total. The van der Waals surface area contributed by atoms with Crippen LogP contribution >= 0.6 is 11.6 Å². The molecule has 0 fully saturated rings. The van der Waals surface area contributed by atoms with Crippen molar-refractivity contribution in [3.05, 3.63) is 40.8 Å². The second-order valence-corrected chi connectivity index (χ2v) is 4.31. The molecule has 4 nitrogen and oxygen atoms in total. The van der Waals surface area contributed by atoms with Crippen molar-refractivity contribution in [3.8, 4) is 5.75 Å². The summed E-state index contributed by atoms with van der Waals surface area (Å²) in [7, 11) is 1.64. The summed E-state index contributed by atoms with van der Waals surface area (Å²) < 4.78 is 5.20. The van der Waals surface area contributed by atoms with Gasteiger partial charge < -0.3 is 10.1 Å². The number of aromatic nitrogens is 2. The first-order valence-corrected chi connectivity index (χ1v) is 5.89. The van der Waals surface area contributed by atoms with Crippen LogP contribution in [0.25, 0.3) is 0 Å². The fraction of sp³-hybridized carbons (Fsp3) is 0.231. The first kappa shape index (κ1) is 12.6. The lowest BCUT2D eigenvalue weighted by atomic mass is 10.2. The predicted octanol–water partition coefficient (Wildman–Crippen LogP) is 3.50. The van der Waals surface area contributed by atoms with Crippen LogP contribution in [0.2, 0.25) is 5.28 Å². The topological polar surface area (TPSA) is 47.0 Å². The highest BCUT2D eigenvalue weighted by molar-refractivity contribution is 6.28. The normalized spacial score (nSPS) is 10.2. The summed E-state index contributed by atoms with van der Waals surface area (Å²) >= 11 is 5.79. The highest BCUT2D eigenvalue weighted by Crippen LogP contribution is 2.26. The number of benzene rings is 1. The lowest BCUT2D eigenvalue weighted by Gasteiger charge is -2.12. The number of methoxy groups -OCH3 is 1. The lowest BCUT2D eigenvalue weighted by molar-refractivity contribution is 0.415. The van der Waals surface area contributed by atoms with E-state index in [1.807, 2.05) is 32.0 Å². The molecule has 5 heteroatoms. The number of hydrogen-bond donors (Lipinski definition) is 1. The van der Waals surface area contributed by atoms with E-state index < -0.39 is 0 Å². The van der Waals surface area contributed by atoms with Gasteiger partial charge in [0.05, 0.1) is 7.11 Å². The van der Waals surface area contributed by atoms with Gasteiger partial charge in [-0.1, -0.05) is 6.07 Å². The van der Waals surface area contributed by atoms with Crippen LogP contribution in [0.3, 0.4) is 0 Å². The number of halogens is 1. The Balaban J connectivity index is 2.36. The zero-order chi connectivity index (χ0) is 13.1. The third kappa shape index (κ3) is 2.71. The van der Waals surface area contributed by atoms with Crippen molar-refractivity contribution in [1.82, 2.24) is 9.97 Å². The van der Waals surface area contributed by atoms with Gasteiger partial charge in [-0.3, -0.25) is 0 Å². The van der Waals surface area contributed by atoms with Gasteiger partial charge in [-0.2, -0.15) is 0 Å². The summed E-state index contributed by atoms with van der Waals surface area (Å²) in [6, 6.07) is 5.82. The summed E-state index contributed by atoms with van der Waals surface area (Å²) in [5.41, 5.74) is 2.97. The van der Waals surface area contributed by atoms with Gasteiger partial charge in [-0.25, -0.2) is 9.97 Å². The molecule has 0 bridgehead atoms. The zero-order valence-electron chi connectivity index (χ0n) is 10.5. The number of nitrogens with zero attached hydrogens (tertiary/aromatic N) is 2. The average Bonchev–Trinajstić information content (AvgIpc) is 2.36. The molecule has 0 aliphatic rings. The minimum atomic E-state index is 0.226. The van der Waals surface area contributed by atoms with Crippen LogP contribution in [0.4, 0.5) is 11.5 Å². The highest BCUT2D eigenvalue weighted by Gasteiger charge is 2.06. The van der Waals surface area contributed by atoms with Crippen molar-refractivity contribution in [3.63, 3.8) is 0 Å². The molecule has 0 saturated carbocycles. The molecule has 0 aliphatic carbocycles. The van der Waals surface area contributed by atoms with Gasteiger partial charge in [-0.15, -0.1) is 0 Å². The molecule has 0 spiro atoms. The standard InChI is InChI=1S/C13H14ClN3O/c1-8-4-5-10(18-3)6-11(8)16-12-9(2)7-15-13(14)17-12/h4-7H,1-3H3,(H,15,16,17). The van der Waals surface area contributed by atoms with Gasteiger partial charge in [0, 0.05) is 23.5 Å². The van der Waals surface area contributed by atoms with Gasteiger partial charge in [0.2, 0.25) is 5.28 Å². The van der Waals surface area contributed by atoms with Crippen LogP contribution < -0.4 is 10.1 Å². The monoisotopic (exact) mass is 263 g/mol. The van der Waals surface area contributed by atoms with Crippen LogP contribution in [-0.4, -0.2) is 17.1 Å². The van der Waals surface area contributed by atoms with Crippen LogP contribution in [0.1, 0.15) is 11.1 Å². The molecule has 1 aromatic heterocycles. The molecule has 0 radical (unpaired) electrons. The molecular weight excluding hydrogens is 250 g/mol. The maximum absolute atomic E-state index is 5.79. The summed E-state index contributed by atoms with van der Waals surface area (Å²) in [6.07, 6.45) is 1.69. The maximum atomic E-state index is 5.79. The van der Waals surface area contributed by atoms with E-state index in [0.717, 1.165) is 22.6 Å². The fourth-order valence-electron chi connectivity index (χ4n) is 1.54. The number of hydrogen-bond acceptors (Lipinski definition) is 4. The fourth-order valence-corrected chi connectivity index (χ4v) is 1.67. The van der Waals surface area contributed by atoms with Crippen molar-refractivity contribution < 1.29 is 4.74 Å². The molecule has 0 saturated heterocycles. The molecule has 0 amide bonds. The van der Waals surface area contributed by atoms with Gasteiger partial charge >= 0.3 is 0 Å². The Hall–Kier alpha value is -1.81. The number of anilines is 2. The summed E-state index contributed by atoms with van der Waals surface area (Å²) in [5, 5.41) is 3.47. The number of aryl methyl sites for hydroxylation is 2. The predicted molar refractivity (Wildman–Crippen MR) is 72.8 cm³/mol. The zero-order valence-corrected chi connectivity index (χ0v) is 11.2. The van der Waals surface area contributed by atoms with E-state index in [1.54, 1.807) is 13.3 Å². The molecular formula is C13H14ClN3O. The van der Waals surface area contributed by atoms with Crippen molar-refractivity contribution >= 4 is 23.1 Å². The first-order chi connectivity index (χ1) is 8.60. The van der Waals surface area contributed by atoms with E-state index in [2.05, 4.69) is 15.3 Å². The van der Waals surface area contributed by atoms with E-state index in [-0.39, 0.29) is 5.28 Å². The van der Waals surface area contributed by atoms with Crippen molar-refractivity contribution in [2.24, 2.45) is 0 Å². The third-order valence-corrected chi connectivity index (χ3v) is 2.82. The quantitative estimate of drug-likeness (QED) is 0.861. The average molecular weight is 264 g/mol. The molecule has 0 aliphatic heterocycles. The van der Waals surface area contributed by atoms with Gasteiger partial charge in [0.15, 0.2) is 0 Å². The van der Waals surface area contributed by atoms with Crippen LogP contribution in [0.5, 0.6) is 5.75 Å². The van der Waals surface area contributed by atoms with E-state index in [1.165, 1.54) is 0 Å². The minimum absolute atomic E-state index is 0.226. The van der Waals surface area contributed by atoms with Crippen molar-refractivity contribution in [1.29, 1.82) is 0 Å². The minimum Gasteiger partial charge on any atom is -0.497 e. The van der Waals surface area contributed by atoms with Gasteiger partial charge in [-0.05, 0) is 37.1 Å². The molecule has 0 unspecified atom stereocenters. The molecule has 94 valence electrons. The largest absolute Gasteiger partial charge is 0.497 e. The van der Waals surface area contributed by atoms with E-state index in [0.29, 0.717) is 5.82 Å². The van der Waals surface area contributed by atoms with Crippen LogP contribution in [0.15, 0.2) is 24.4 Å². The molecule has 2 aromatic rings. The molecule has 0 atom stereocenters. The third-order valence-electron chi connectivity index (χ3n) is 2.64. The van der Waals surface area contributed by atoms with Crippen LogP contribution in [0, 0.1) is 13.8 Å². The number of ether oxygens (including phenoxy) is 1. The SMILES string of the molecule is COc1ccc(C)c(Nc2nc(Cl)ncc2C)c1. The smallest absolute Gasteiger partial charge is 0.224 e. The lowest BCUT2D eigenvalue weighted by Crippen LogP contribution is -2.00. The highest BCUT2D eigenvalue weighted by atomic mass is 35.5. The van der Waals surface area contributed by atoms with Gasteiger partial charge in [0.25, 0.3) is 0 Å². The molecule has 1 heterocycles. The van der Waals surface area contributed by atoms with E-state index in [4.69, 9.17) is 16.3 Å². The second kappa shape index (κ2) is 5.23. The Morgan fingerprint density at radius 3 is 2.72 bits per heavy atom.